The number of nitrogens with one attached hydrogen (secondary N) is 1. The van der Waals surface area contributed by atoms with E-state index in [1.54, 1.807) is 13.8 Å². The van der Waals surface area contributed by atoms with E-state index in [0.29, 0.717) is 23.8 Å². The van der Waals surface area contributed by atoms with Gasteiger partial charge in [0.15, 0.2) is 12.4 Å². The van der Waals surface area contributed by atoms with Gasteiger partial charge in [-0.3, -0.25) is 9.69 Å². The zero-order valence-electron chi connectivity index (χ0n) is 15.0. The van der Waals surface area contributed by atoms with E-state index >= 15 is 0 Å². The molecule has 1 amide bonds. The Kier molecular flexibility index (Phi) is 5.41. The molecule has 2 heterocycles. The maximum atomic E-state index is 12.6. The highest BCUT2D eigenvalue weighted by molar-refractivity contribution is 7.89. The molecule has 0 bridgehead atoms. The number of amides is 1. The van der Waals surface area contributed by atoms with E-state index in [9.17, 15) is 13.2 Å². The quantitative estimate of drug-likeness (QED) is 0.768. The lowest BCUT2D eigenvalue weighted by molar-refractivity contribution is -0.121. The van der Waals surface area contributed by atoms with Gasteiger partial charge in [0.25, 0.3) is 5.91 Å². The molecule has 9 nitrogen and oxygen atoms in total. The van der Waals surface area contributed by atoms with Crippen molar-refractivity contribution in [2.24, 2.45) is 0 Å². The Morgan fingerprint density at radius 2 is 2.15 bits per heavy atom. The number of hydrogen-bond acceptors (Lipinski definition) is 7. The summed E-state index contributed by atoms with van der Waals surface area (Å²) >= 11 is 6.23. The number of ether oxygens (including phenoxy) is 1. The highest BCUT2D eigenvalue weighted by atomic mass is 35.5. The molecule has 0 aliphatic carbocycles. The molecule has 146 valence electrons. The van der Waals surface area contributed by atoms with Crippen molar-refractivity contribution in [1.82, 2.24) is 14.9 Å². The van der Waals surface area contributed by atoms with E-state index in [4.69, 9.17) is 20.9 Å². The monoisotopic (exact) mass is 414 g/mol. The number of hydrogen-bond donors (Lipinski definition) is 1. The number of fused-ring (bicyclic) bond motifs is 1. The number of nitrogens with zero attached hydrogens (tertiary/aromatic N) is 3. The highest BCUT2D eigenvalue weighted by Gasteiger charge is 2.31. The summed E-state index contributed by atoms with van der Waals surface area (Å²) in [6.07, 6.45) is 0.630. The van der Waals surface area contributed by atoms with Crippen molar-refractivity contribution in [3.05, 3.63) is 28.9 Å². The van der Waals surface area contributed by atoms with Crippen LogP contribution in [0, 0.1) is 6.92 Å². The van der Waals surface area contributed by atoms with Crippen LogP contribution >= 0.6 is 11.6 Å². The molecular weight excluding hydrogens is 396 g/mol. The van der Waals surface area contributed by atoms with Crippen LogP contribution in [-0.4, -0.2) is 37.1 Å². The van der Waals surface area contributed by atoms with Gasteiger partial charge in [0, 0.05) is 19.0 Å². The molecule has 0 saturated carbocycles. The molecule has 1 unspecified atom stereocenters. The summed E-state index contributed by atoms with van der Waals surface area (Å²) in [5.41, 5.74) is 0.348. The number of benzene rings is 1. The minimum absolute atomic E-state index is 0.0165. The van der Waals surface area contributed by atoms with Gasteiger partial charge in [0.1, 0.15) is 10.6 Å². The highest BCUT2D eigenvalue weighted by Crippen LogP contribution is 2.39. The number of carbonyl (C=O) groups is 1. The predicted molar refractivity (Wildman–Crippen MR) is 97.2 cm³/mol. The Morgan fingerprint density at radius 1 is 1.41 bits per heavy atom. The molecule has 1 atom stereocenters. The van der Waals surface area contributed by atoms with Crippen LogP contribution in [0.2, 0.25) is 5.02 Å². The number of carbonyl (C=O) groups excluding carboxylic acids is 1. The van der Waals surface area contributed by atoms with Gasteiger partial charge in [-0.1, -0.05) is 23.7 Å². The predicted octanol–water partition coefficient (Wildman–Crippen LogP) is 2.03. The van der Waals surface area contributed by atoms with Crippen molar-refractivity contribution < 1.29 is 22.5 Å². The van der Waals surface area contributed by atoms with E-state index in [2.05, 4.69) is 14.9 Å². The summed E-state index contributed by atoms with van der Waals surface area (Å²) in [4.78, 5) is 17.6. The van der Waals surface area contributed by atoms with E-state index < -0.39 is 10.0 Å². The number of aryl methyl sites for hydroxylation is 1. The molecule has 2 aromatic rings. The molecule has 0 saturated heterocycles. The molecule has 0 spiro atoms. The first-order valence-corrected chi connectivity index (χ1v) is 10.2. The van der Waals surface area contributed by atoms with Crippen LogP contribution < -0.4 is 14.4 Å². The third-order valence-corrected chi connectivity index (χ3v) is 6.14. The number of halogens is 1. The smallest absolute Gasteiger partial charge is 0.265 e. The van der Waals surface area contributed by atoms with Crippen LogP contribution in [-0.2, 0) is 21.4 Å². The lowest BCUT2D eigenvalue weighted by Gasteiger charge is -2.29. The lowest BCUT2D eigenvalue weighted by Crippen LogP contribution is -2.39. The third-order valence-electron chi connectivity index (χ3n) is 4.08. The molecule has 0 fully saturated rings. The van der Waals surface area contributed by atoms with Crippen LogP contribution in [0.3, 0.4) is 0 Å². The van der Waals surface area contributed by atoms with Crippen molar-refractivity contribution in [1.29, 1.82) is 0 Å². The van der Waals surface area contributed by atoms with Crippen LogP contribution in [0.5, 0.6) is 5.75 Å². The van der Waals surface area contributed by atoms with Gasteiger partial charge >= 0.3 is 0 Å². The molecule has 27 heavy (non-hydrogen) atoms. The second-order valence-corrected chi connectivity index (χ2v) is 8.27. The lowest BCUT2D eigenvalue weighted by atomic mass is 10.2. The first kappa shape index (κ1) is 19.6. The fourth-order valence-electron chi connectivity index (χ4n) is 2.54. The average molecular weight is 415 g/mol. The van der Waals surface area contributed by atoms with Crippen LogP contribution in [0.4, 0.5) is 5.69 Å². The molecule has 3 rings (SSSR count). The van der Waals surface area contributed by atoms with Gasteiger partial charge in [0.05, 0.1) is 17.3 Å². The normalized spacial score (nSPS) is 15.4. The van der Waals surface area contributed by atoms with Gasteiger partial charge < -0.3 is 9.26 Å². The van der Waals surface area contributed by atoms with Crippen molar-refractivity contribution >= 4 is 33.2 Å². The van der Waals surface area contributed by atoms with Gasteiger partial charge in [-0.25, -0.2) is 13.1 Å². The van der Waals surface area contributed by atoms with Gasteiger partial charge in [-0.15, -0.1) is 0 Å². The van der Waals surface area contributed by atoms with Crippen LogP contribution in [0.1, 0.15) is 32.0 Å². The fraction of sp³-hybridized carbons (Fsp3) is 0.438. The second kappa shape index (κ2) is 7.45. The van der Waals surface area contributed by atoms with E-state index in [0.717, 1.165) is 0 Å². The van der Waals surface area contributed by atoms with Gasteiger partial charge in [0.2, 0.25) is 15.9 Å². The summed E-state index contributed by atoms with van der Waals surface area (Å²) in [6.45, 7) is 5.09. The third kappa shape index (κ3) is 4.07. The Labute approximate surface area is 161 Å². The SMILES string of the molecule is CCC(C)NS(=O)(=O)c1cc2c(cc1Cl)N(Cc1noc(C)n1)C(=O)CO2. The first-order chi connectivity index (χ1) is 12.7. The molecule has 0 radical (unpaired) electrons. The Morgan fingerprint density at radius 3 is 2.78 bits per heavy atom. The zero-order valence-corrected chi connectivity index (χ0v) is 16.6. The van der Waals surface area contributed by atoms with E-state index in [-0.39, 0.29) is 40.8 Å². The van der Waals surface area contributed by atoms with Crippen molar-refractivity contribution in [3.63, 3.8) is 0 Å². The van der Waals surface area contributed by atoms with E-state index in [1.807, 2.05) is 6.92 Å². The number of anilines is 1. The first-order valence-electron chi connectivity index (χ1n) is 8.29. The van der Waals surface area contributed by atoms with E-state index in [1.165, 1.54) is 17.0 Å². The summed E-state index contributed by atoms with van der Waals surface area (Å²) in [5, 5.41) is 3.76. The molecule has 11 heteroatoms. The maximum absolute atomic E-state index is 12.6. The fourth-order valence-corrected chi connectivity index (χ4v) is 4.40. The number of sulfonamides is 1. The zero-order chi connectivity index (χ0) is 19.8. The minimum atomic E-state index is -3.83. The van der Waals surface area contributed by atoms with Gasteiger partial charge in [-0.2, -0.15) is 4.98 Å². The summed E-state index contributed by atoms with van der Waals surface area (Å²) in [5.74, 6) is 0.611. The van der Waals surface area contributed by atoms with Crippen molar-refractivity contribution in [3.8, 4) is 5.75 Å². The Balaban J connectivity index is 1.98. The molecule has 1 aliphatic rings. The van der Waals surface area contributed by atoms with Crippen molar-refractivity contribution in [2.75, 3.05) is 11.5 Å². The Bertz CT molecular complexity index is 975. The largest absolute Gasteiger partial charge is 0.482 e. The molecular formula is C16H19ClN4O5S. The minimum Gasteiger partial charge on any atom is -0.482 e. The topological polar surface area (TPSA) is 115 Å². The Hall–Kier alpha value is -2.17. The summed E-state index contributed by atoms with van der Waals surface area (Å²) in [6, 6.07) is 2.47. The molecule has 1 aliphatic heterocycles. The second-order valence-electron chi connectivity index (χ2n) is 6.18. The summed E-state index contributed by atoms with van der Waals surface area (Å²) < 4.78 is 38.1. The van der Waals surface area contributed by atoms with Crippen LogP contribution in [0.15, 0.2) is 21.6 Å². The average Bonchev–Trinajstić information content (AvgIpc) is 3.01. The van der Waals surface area contributed by atoms with Crippen LogP contribution in [0.25, 0.3) is 0 Å². The molecule has 1 aromatic carbocycles. The number of rotatable bonds is 6. The van der Waals surface area contributed by atoms with Crippen molar-refractivity contribution in [2.45, 2.75) is 44.7 Å². The standard InChI is InChI=1S/C16H19ClN4O5S/c1-4-9(2)20-27(23,24)14-6-13-12(5-11(14)17)21(16(22)8-25-13)7-15-18-10(3)26-19-15/h5-6,9,20H,4,7-8H2,1-3H3. The number of aromatic nitrogens is 2. The molecule has 1 N–H and O–H groups in total. The summed E-state index contributed by atoms with van der Waals surface area (Å²) in [7, 11) is -3.83. The molecule has 1 aromatic heterocycles. The van der Waals surface area contributed by atoms with Gasteiger partial charge in [-0.05, 0) is 19.4 Å². The maximum Gasteiger partial charge on any atom is 0.265 e.